The van der Waals surface area contributed by atoms with Crippen molar-refractivity contribution in [2.24, 2.45) is 17.4 Å². The van der Waals surface area contributed by atoms with Gasteiger partial charge >= 0.3 is 0 Å². The maximum Gasteiger partial charge on any atom is -0.00717 e. The van der Waals surface area contributed by atoms with E-state index in [2.05, 4.69) is 19.1 Å². The minimum absolute atomic E-state index is 0.651. The van der Waals surface area contributed by atoms with E-state index in [0.717, 1.165) is 32.4 Å². The highest BCUT2D eigenvalue weighted by Crippen LogP contribution is 2.11. The molecular formula is C10H22N2. The van der Waals surface area contributed by atoms with Crippen molar-refractivity contribution < 1.29 is 0 Å². The molecule has 0 radical (unpaired) electrons. The molecule has 0 fully saturated rings. The van der Waals surface area contributed by atoms with E-state index < -0.39 is 0 Å². The molecule has 0 aliphatic carbocycles. The molecule has 2 heteroatoms. The molecule has 0 aromatic carbocycles. The van der Waals surface area contributed by atoms with Gasteiger partial charge in [-0.2, -0.15) is 0 Å². The van der Waals surface area contributed by atoms with Gasteiger partial charge in [0.1, 0.15) is 0 Å². The van der Waals surface area contributed by atoms with Gasteiger partial charge in [-0.1, -0.05) is 19.1 Å². The van der Waals surface area contributed by atoms with Crippen LogP contribution >= 0.6 is 0 Å². The Hall–Kier alpha value is -0.340. The van der Waals surface area contributed by atoms with E-state index in [0.29, 0.717) is 5.92 Å². The van der Waals surface area contributed by atoms with E-state index in [4.69, 9.17) is 11.5 Å². The van der Waals surface area contributed by atoms with Gasteiger partial charge in [0.25, 0.3) is 0 Å². The molecule has 72 valence electrons. The summed E-state index contributed by atoms with van der Waals surface area (Å²) in [4.78, 5) is 0. The molecule has 0 aromatic heterocycles. The molecule has 1 atom stereocenters. The number of nitrogens with two attached hydrogens (primary N) is 2. The van der Waals surface area contributed by atoms with Crippen molar-refractivity contribution in [3.63, 3.8) is 0 Å². The first-order valence-corrected chi connectivity index (χ1v) is 4.92. The van der Waals surface area contributed by atoms with Crippen molar-refractivity contribution in [1.82, 2.24) is 0 Å². The highest BCUT2D eigenvalue weighted by molar-refractivity contribution is 4.87. The van der Waals surface area contributed by atoms with E-state index in [1.54, 1.807) is 0 Å². The lowest BCUT2D eigenvalue weighted by molar-refractivity contribution is 0.532. The second-order valence-corrected chi connectivity index (χ2v) is 3.10. The minimum atomic E-state index is 0.651. The summed E-state index contributed by atoms with van der Waals surface area (Å²) in [5, 5.41) is 0. The topological polar surface area (TPSA) is 52.0 Å². The summed E-state index contributed by atoms with van der Waals surface area (Å²) in [5.41, 5.74) is 11.0. The van der Waals surface area contributed by atoms with Crippen LogP contribution in [0.2, 0.25) is 0 Å². The molecule has 0 aliphatic rings. The van der Waals surface area contributed by atoms with Crippen molar-refractivity contribution in [2.75, 3.05) is 13.1 Å². The summed E-state index contributed by atoms with van der Waals surface area (Å²) in [5.74, 6) is 0.651. The zero-order valence-corrected chi connectivity index (χ0v) is 8.13. The molecule has 0 saturated carbocycles. The van der Waals surface area contributed by atoms with E-state index in [-0.39, 0.29) is 0 Å². The molecule has 0 heterocycles. The Morgan fingerprint density at radius 3 is 2.42 bits per heavy atom. The third kappa shape index (κ3) is 6.38. The van der Waals surface area contributed by atoms with Crippen LogP contribution in [0.1, 0.15) is 32.6 Å². The Labute approximate surface area is 76.0 Å². The molecule has 0 rings (SSSR count). The number of hydrogen-bond donors (Lipinski definition) is 2. The molecule has 0 aromatic rings. The van der Waals surface area contributed by atoms with E-state index in [1.807, 2.05) is 0 Å². The Kier molecular flexibility index (Phi) is 8.51. The SMILES string of the molecule is CC/C=C/C(CCN)CCCN. The van der Waals surface area contributed by atoms with Crippen molar-refractivity contribution >= 4 is 0 Å². The molecule has 12 heavy (non-hydrogen) atoms. The molecule has 0 bridgehead atoms. The molecule has 1 unspecified atom stereocenters. The second kappa shape index (κ2) is 8.75. The number of hydrogen-bond acceptors (Lipinski definition) is 2. The first-order chi connectivity index (χ1) is 5.85. The van der Waals surface area contributed by atoms with Crippen molar-refractivity contribution in [3.8, 4) is 0 Å². The van der Waals surface area contributed by atoms with Crippen LogP contribution in [0, 0.1) is 5.92 Å². The molecule has 4 N–H and O–H groups in total. The fraction of sp³-hybridized carbons (Fsp3) is 0.800. The van der Waals surface area contributed by atoms with Crippen LogP contribution in [0.4, 0.5) is 0 Å². The predicted octanol–water partition coefficient (Wildman–Crippen LogP) is 1.66. The van der Waals surface area contributed by atoms with Crippen molar-refractivity contribution in [1.29, 1.82) is 0 Å². The minimum Gasteiger partial charge on any atom is -0.330 e. The largest absolute Gasteiger partial charge is 0.330 e. The van der Waals surface area contributed by atoms with Gasteiger partial charge in [0.15, 0.2) is 0 Å². The Morgan fingerprint density at radius 1 is 1.17 bits per heavy atom. The lowest BCUT2D eigenvalue weighted by Crippen LogP contribution is -2.09. The highest BCUT2D eigenvalue weighted by atomic mass is 14.5. The number of rotatable bonds is 7. The Bertz CT molecular complexity index is 110. The summed E-state index contributed by atoms with van der Waals surface area (Å²) in [7, 11) is 0. The smallest absolute Gasteiger partial charge is 0.00717 e. The monoisotopic (exact) mass is 170 g/mol. The zero-order valence-electron chi connectivity index (χ0n) is 8.13. The zero-order chi connectivity index (χ0) is 9.23. The van der Waals surface area contributed by atoms with Gasteiger partial charge in [0, 0.05) is 0 Å². The predicted molar refractivity (Wildman–Crippen MR) is 54.9 cm³/mol. The lowest BCUT2D eigenvalue weighted by atomic mass is 9.98. The van der Waals surface area contributed by atoms with Crippen LogP contribution < -0.4 is 11.5 Å². The normalized spacial score (nSPS) is 13.9. The van der Waals surface area contributed by atoms with Crippen LogP contribution in [0.25, 0.3) is 0 Å². The van der Waals surface area contributed by atoms with Gasteiger partial charge in [-0.05, 0) is 44.7 Å². The molecule has 0 aliphatic heterocycles. The van der Waals surface area contributed by atoms with E-state index in [9.17, 15) is 0 Å². The summed E-state index contributed by atoms with van der Waals surface area (Å²) in [6, 6.07) is 0. The van der Waals surface area contributed by atoms with Gasteiger partial charge in [-0.15, -0.1) is 0 Å². The lowest BCUT2D eigenvalue weighted by Gasteiger charge is -2.09. The highest BCUT2D eigenvalue weighted by Gasteiger charge is 2.01. The van der Waals surface area contributed by atoms with Crippen molar-refractivity contribution in [3.05, 3.63) is 12.2 Å². The summed E-state index contributed by atoms with van der Waals surface area (Å²) < 4.78 is 0. The number of allylic oxidation sites excluding steroid dienone is 2. The molecule has 0 amide bonds. The van der Waals surface area contributed by atoms with Gasteiger partial charge in [-0.3, -0.25) is 0 Å². The fourth-order valence-electron chi connectivity index (χ4n) is 1.26. The third-order valence-electron chi connectivity index (χ3n) is 1.96. The van der Waals surface area contributed by atoms with Crippen LogP contribution in [0.15, 0.2) is 12.2 Å². The standard InChI is InChI=1S/C10H22N2/c1-2-3-5-10(7-9-12)6-4-8-11/h3,5,10H,2,4,6-9,11-12H2,1H3/b5-3+. The Balaban J connectivity index is 3.61. The molecule has 0 saturated heterocycles. The average molecular weight is 170 g/mol. The van der Waals surface area contributed by atoms with Crippen LogP contribution in [0.5, 0.6) is 0 Å². The third-order valence-corrected chi connectivity index (χ3v) is 1.96. The average Bonchev–Trinajstić information content (AvgIpc) is 2.10. The molecular weight excluding hydrogens is 148 g/mol. The summed E-state index contributed by atoms with van der Waals surface area (Å²) in [6.07, 6.45) is 9.00. The quantitative estimate of drug-likeness (QED) is 0.571. The van der Waals surface area contributed by atoms with Gasteiger partial charge < -0.3 is 11.5 Å². The maximum atomic E-state index is 5.51. The second-order valence-electron chi connectivity index (χ2n) is 3.10. The van der Waals surface area contributed by atoms with E-state index >= 15 is 0 Å². The van der Waals surface area contributed by atoms with E-state index in [1.165, 1.54) is 6.42 Å². The van der Waals surface area contributed by atoms with Gasteiger partial charge in [-0.25, -0.2) is 0 Å². The summed E-state index contributed by atoms with van der Waals surface area (Å²) >= 11 is 0. The van der Waals surface area contributed by atoms with Crippen LogP contribution in [-0.2, 0) is 0 Å². The first kappa shape index (κ1) is 11.7. The fourth-order valence-corrected chi connectivity index (χ4v) is 1.26. The summed E-state index contributed by atoms with van der Waals surface area (Å²) in [6.45, 7) is 3.73. The van der Waals surface area contributed by atoms with Gasteiger partial charge in [0.05, 0.1) is 0 Å². The van der Waals surface area contributed by atoms with Gasteiger partial charge in [0.2, 0.25) is 0 Å². The van der Waals surface area contributed by atoms with Crippen LogP contribution in [-0.4, -0.2) is 13.1 Å². The van der Waals surface area contributed by atoms with Crippen molar-refractivity contribution in [2.45, 2.75) is 32.6 Å². The Morgan fingerprint density at radius 2 is 1.92 bits per heavy atom. The maximum absolute atomic E-state index is 5.51. The first-order valence-electron chi connectivity index (χ1n) is 4.92. The molecule has 0 spiro atoms. The molecule has 2 nitrogen and oxygen atoms in total. The van der Waals surface area contributed by atoms with Crippen LogP contribution in [0.3, 0.4) is 0 Å².